The standard InChI is InChI=1S/C9H9NO4/c1-13-8-4-3-6(9(11)14-2)5-7(8)10-12/h3-5H,1-2H3. The van der Waals surface area contributed by atoms with Crippen LogP contribution in [0.1, 0.15) is 10.4 Å². The summed E-state index contributed by atoms with van der Waals surface area (Å²) >= 11 is 0. The Labute approximate surface area is 80.6 Å². The van der Waals surface area contributed by atoms with E-state index in [1.807, 2.05) is 0 Å². The Morgan fingerprint density at radius 3 is 2.57 bits per heavy atom. The van der Waals surface area contributed by atoms with Crippen LogP contribution >= 0.6 is 0 Å². The fourth-order valence-corrected chi connectivity index (χ4v) is 1.01. The average Bonchev–Trinajstić information content (AvgIpc) is 2.26. The van der Waals surface area contributed by atoms with Gasteiger partial charge in [0.25, 0.3) is 0 Å². The molecule has 1 aromatic rings. The van der Waals surface area contributed by atoms with Crippen molar-refractivity contribution in [2.45, 2.75) is 0 Å². The maximum atomic E-state index is 11.1. The zero-order valence-corrected chi connectivity index (χ0v) is 7.81. The van der Waals surface area contributed by atoms with E-state index in [1.54, 1.807) is 0 Å². The lowest BCUT2D eigenvalue weighted by atomic mass is 10.2. The first-order valence-electron chi connectivity index (χ1n) is 3.82. The summed E-state index contributed by atoms with van der Waals surface area (Å²) < 4.78 is 9.34. The normalized spacial score (nSPS) is 9.29. The van der Waals surface area contributed by atoms with Crippen LogP contribution in [0.3, 0.4) is 0 Å². The van der Waals surface area contributed by atoms with Gasteiger partial charge in [0.05, 0.1) is 19.8 Å². The van der Waals surface area contributed by atoms with Gasteiger partial charge >= 0.3 is 5.97 Å². The second-order valence-corrected chi connectivity index (χ2v) is 2.47. The highest BCUT2D eigenvalue weighted by Crippen LogP contribution is 2.28. The van der Waals surface area contributed by atoms with Crippen LogP contribution in [0.5, 0.6) is 5.75 Å². The molecule has 0 N–H and O–H groups in total. The van der Waals surface area contributed by atoms with Crippen LogP contribution in [-0.2, 0) is 4.74 Å². The summed E-state index contributed by atoms with van der Waals surface area (Å²) in [4.78, 5) is 21.4. The second-order valence-electron chi connectivity index (χ2n) is 2.47. The fraction of sp³-hybridized carbons (Fsp3) is 0.222. The van der Waals surface area contributed by atoms with Gasteiger partial charge in [-0.3, -0.25) is 0 Å². The third-order valence-electron chi connectivity index (χ3n) is 1.70. The third kappa shape index (κ3) is 1.87. The highest BCUT2D eigenvalue weighted by Gasteiger charge is 2.10. The number of methoxy groups -OCH3 is 2. The summed E-state index contributed by atoms with van der Waals surface area (Å²) in [5, 5.41) is 2.74. The summed E-state index contributed by atoms with van der Waals surface area (Å²) in [5.74, 6) is -0.190. The van der Waals surface area contributed by atoms with Crippen molar-refractivity contribution < 1.29 is 14.3 Å². The second kappa shape index (κ2) is 4.36. The van der Waals surface area contributed by atoms with Gasteiger partial charge in [-0.15, -0.1) is 4.91 Å². The van der Waals surface area contributed by atoms with Gasteiger partial charge in [-0.2, -0.15) is 0 Å². The number of ether oxygens (including phenoxy) is 2. The van der Waals surface area contributed by atoms with Gasteiger partial charge < -0.3 is 9.47 Å². The molecule has 0 saturated heterocycles. The fourth-order valence-electron chi connectivity index (χ4n) is 1.01. The molecule has 14 heavy (non-hydrogen) atoms. The van der Waals surface area contributed by atoms with E-state index >= 15 is 0 Å². The minimum Gasteiger partial charge on any atom is -0.494 e. The van der Waals surface area contributed by atoms with Crippen molar-refractivity contribution in [1.29, 1.82) is 0 Å². The predicted octanol–water partition coefficient (Wildman–Crippen LogP) is 1.88. The van der Waals surface area contributed by atoms with Crippen LogP contribution in [0.4, 0.5) is 5.69 Å². The van der Waals surface area contributed by atoms with Crippen molar-refractivity contribution >= 4 is 11.7 Å². The number of nitrogens with zero attached hydrogens (tertiary/aromatic N) is 1. The molecule has 5 nitrogen and oxygen atoms in total. The highest BCUT2D eigenvalue weighted by molar-refractivity contribution is 5.90. The molecule has 0 aliphatic rings. The molecule has 0 fully saturated rings. The van der Waals surface area contributed by atoms with Crippen molar-refractivity contribution in [1.82, 2.24) is 0 Å². The van der Waals surface area contributed by atoms with Crippen LogP contribution in [0.25, 0.3) is 0 Å². The van der Waals surface area contributed by atoms with Gasteiger partial charge in [0, 0.05) is 0 Å². The Balaban J connectivity index is 3.13. The molecule has 0 unspecified atom stereocenters. The molecule has 0 heterocycles. The number of carbonyl (C=O) groups excluding carboxylic acids is 1. The lowest BCUT2D eigenvalue weighted by molar-refractivity contribution is 0.0601. The van der Waals surface area contributed by atoms with Crippen LogP contribution in [-0.4, -0.2) is 20.2 Å². The Hall–Kier alpha value is -1.91. The Morgan fingerprint density at radius 1 is 1.36 bits per heavy atom. The van der Waals surface area contributed by atoms with E-state index in [0.717, 1.165) is 0 Å². The number of hydrogen-bond acceptors (Lipinski definition) is 5. The van der Waals surface area contributed by atoms with Crippen molar-refractivity contribution in [3.8, 4) is 5.75 Å². The first-order chi connectivity index (χ1) is 6.72. The molecule has 0 atom stereocenters. The molecular weight excluding hydrogens is 186 g/mol. The average molecular weight is 195 g/mol. The largest absolute Gasteiger partial charge is 0.494 e. The highest BCUT2D eigenvalue weighted by atomic mass is 16.5. The van der Waals surface area contributed by atoms with Crippen molar-refractivity contribution in [2.75, 3.05) is 14.2 Å². The number of rotatable bonds is 3. The maximum Gasteiger partial charge on any atom is 0.337 e. The Kier molecular flexibility index (Phi) is 3.17. The minimum atomic E-state index is -0.516. The monoisotopic (exact) mass is 195 g/mol. The zero-order valence-electron chi connectivity index (χ0n) is 7.81. The van der Waals surface area contributed by atoms with Crippen LogP contribution in [0.2, 0.25) is 0 Å². The lowest BCUT2D eigenvalue weighted by Gasteiger charge is -2.03. The molecule has 1 aromatic carbocycles. The van der Waals surface area contributed by atoms with Crippen molar-refractivity contribution in [3.63, 3.8) is 0 Å². The topological polar surface area (TPSA) is 65.0 Å². The molecule has 74 valence electrons. The third-order valence-corrected chi connectivity index (χ3v) is 1.70. The molecule has 0 aliphatic heterocycles. The van der Waals surface area contributed by atoms with E-state index in [4.69, 9.17) is 4.74 Å². The SMILES string of the molecule is COC(=O)c1ccc(OC)c(N=O)c1. The van der Waals surface area contributed by atoms with Crippen molar-refractivity contribution in [2.24, 2.45) is 5.18 Å². The molecule has 5 heteroatoms. The van der Waals surface area contributed by atoms with Crippen LogP contribution < -0.4 is 4.74 Å². The van der Waals surface area contributed by atoms with Gasteiger partial charge in [0.15, 0.2) is 5.69 Å². The van der Waals surface area contributed by atoms with E-state index in [2.05, 4.69) is 9.91 Å². The Bertz CT molecular complexity index is 362. The summed E-state index contributed by atoms with van der Waals surface area (Å²) in [6.07, 6.45) is 0. The smallest absolute Gasteiger partial charge is 0.337 e. The summed E-state index contributed by atoms with van der Waals surface area (Å²) in [5.41, 5.74) is 0.346. The van der Waals surface area contributed by atoms with E-state index in [-0.39, 0.29) is 11.3 Å². The number of benzene rings is 1. The number of hydrogen-bond donors (Lipinski definition) is 0. The zero-order chi connectivity index (χ0) is 10.6. The quantitative estimate of drug-likeness (QED) is 0.545. The summed E-state index contributed by atoms with van der Waals surface area (Å²) in [7, 11) is 2.68. The number of carbonyl (C=O) groups is 1. The molecule has 0 saturated carbocycles. The van der Waals surface area contributed by atoms with Gasteiger partial charge in [-0.1, -0.05) is 0 Å². The minimum absolute atomic E-state index is 0.0791. The number of esters is 1. The van der Waals surface area contributed by atoms with E-state index in [0.29, 0.717) is 5.75 Å². The van der Waals surface area contributed by atoms with Gasteiger partial charge in [0.2, 0.25) is 0 Å². The van der Waals surface area contributed by atoms with Gasteiger partial charge in [-0.05, 0) is 23.4 Å². The molecular formula is C9H9NO4. The van der Waals surface area contributed by atoms with E-state index in [9.17, 15) is 9.70 Å². The van der Waals surface area contributed by atoms with E-state index < -0.39 is 5.97 Å². The van der Waals surface area contributed by atoms with Crippen LogP contribution in [0, 0.1) is 4.91 Å². The molecule has 0 radical (unpaired) electrons. The first-order valence-corrected chi connectivity index (χ1v) is 3.82. The summed E-state index contributed by atoms with van der Waals surface area (Å²) in [6, 6.07) is 4.31. The molecule has 0 amide bonds. The first kappa shape index (κ1) is 10.2. The van der Waals surface area contributed by atoms with Gasteiger partial charge in [-0.25, -0.2) is 4.79 Å². The van der Waals surface area contributed by atoms with Crippen molar-refractivity contribution in [3.05, 3.63) is 28.7 Å². The maximum absolute atomic E-state index is 11.1. The predicted molar refractivity (Wildman–Crippen MR) is 49.8 cm³/mol. The molecule has 0 spiro atoms. The van der Waals surface area contributed by atoms with Gasteiger partial charge in [0.1, 0.15) is 5.75 Å². The Morgan fingerprint density at radius 2 is 2.07 bits per heavy atom. The molecule has 0 aliphatic carbocycles. The summed E-state index contributed by atoms with van der Waals surface area (Å²) in [6.45, 7) is 0. The molecule has 0 bridgehead atoms. The van der Waals surface area contributed by atoms with Crippen LogP contribution in [0.15, 0.2) is 23.4 Å². The van der Waals surface area contributed by atoms with E-state index in [1.165, 1.54) is 32.4 Å². The lowest BCUT2D eigenvalue weighted by Crippen LogP contribution is -2.00. The molecule has 1 rings (SSSR count). The number of nitroso groups, excluding NO2 is 1. The molecule has 0 aromatic heterocycles.